The molecule has 0 saturated heterocycles. The number of pyridine rings is 1. The minimum atomic E-state index is -1.20. The van der Waals surface area contributed by atoms with Crippen LogP contribution in [0.2, 0.25) is 5.02 Å². The molecule has 0 radical (unpaired) electrons. The first-order chi connectivity index (χ1) is 12.7. The molecule has 140 valence electrons. The van der Waals surface area contributed by atoms with Crippen molar-refractivity contribution in [3.8, 4) is 5.69 Å². The summed E-state index contributed by atoms with van der Waals surface area (Å²) in [6, 6.07) is 2.85. The Morgan fingerprint density at radius 3 is 2.52 bits per heavy atom. The molecule has 0 unspecified atom stereocenters. The molecule has 0 aliphatic carbocycles. The predicted molar refractivity (Wildman–Crippen MR) is 97.3 cm³/mol. The summed E-state index contributed by atoms with van der Waals surface area (Å²) in [6.45, 7) is 1.43. The summed E-state index contributed by atoms with van der Waals surface area (Å²) < 4.78 is 27.7. The summed E-state index contributed by atoms with van der Waals surface area (Å²) in [5.74, 6) is 3.59. The molecule has 11 heteroatoms. The maximum atomic E-state index is 13.6. The highest BCUT2D eigenvalue weighted by Crippen LogP contribution is 2.29. The summed E-state index contributed by atoms with van der Waals surface area (Å²) in [5.41, 5.74) is 3.76. The first-order valence-corrected chi connectivity index (χ1v) is 7.84. The van der Waals surface area contributed by atoms with Gasteiger partial charge in [-0.15, -0.1) is 0 Å². The van der Waals surface area contributed by atoms with Crippen molar-refractivity contribution >= 4 is 28.7 Å². The molecule has 2 heterocycles. The maximum Gasteiger partial charge on any atom is 0.333 e. The third kappa shape index (κ3) is 3.27. The first kappa shape index (κ1) is 18.5. The Bertz CT molecular complexity index is 1160. The van der Waals surface area contributed by atoms with Gasteiger partial charge in [0.05, 0.1) is 28.3 Å². The van der Waals surface area contributed by atoms with E-state index in [1.165, 1.54) is 25.4 Å². The van der Waals surface area contributed by atoms with E-state index in [2.05, 4.69) is 9.97 Å². The van der Waals surface area contributed by atoms with E-state index >= 15 is 0 Å². The van der Waals surface area contributed by atoms with Gasteiger partial charge in [-0.3, -0.25) is 14.8 Å². The summed E-state index contributed by atoms with van der Waals surface area (Å²) in [7, 11) is 0. The fourth-order valence-corrected chi connectivity index (χ4v) is 2.72. The number of nitrogens with one attached hydrogen (secondary N) is 1. The Kier molecular flexibility index (Phi) is 4.68. The van der Waals surface area contributed by atoms with Gasteiger partial charge in [-0.2, -0.15) is 0 Å². The Hall–Kier alpha value is -3.24. The van der Waals surface area contributed by atoms with Crippen LogP contribution in [0.4, 0.5) is 25.8 Å². The van der Waals surface area contributed by atoms with Crippen molar-refractivity contribution in [1.29, 1.82) is 0 Å². The Morgan fingerprint density at radius 1 is 1.19 bits per heavy atom. The molecule has 0 aliphatic rings. The van der Waals surface area contributed by atoms with E-state index in [1.807, 2.05) is 0 Å². The lowest BCUT2D eigenvalue weighted by Gasteiger charge is -2.22. The highest BCUT2D eigenvalue weighted by molar-refractivity contribution is 6.30. The first-order valence-electron chi connectivity index (χ1n) is 7.47. The molecule has 3 rings (SSSR count). The van der Waals surface area contributed by atoms with Crippen LogP contribution in [0, 0.1) is 18.6 Å². The van der Waals surface area contributed by atoms with Gasteiger partial charge in [-0.1, -0.05) is 11.6 Å². The molecule has 0 fully saturated rings. The van der Waals surface area contributed by atoms with Gasteiger partial charge in [-0.05, 0) is 13.0 Å². The molecule has 0 saturated carbocycles. The van der Waals surface area contributed by atoms with Gasteiger partial charge in [0.2, 0.25) is 0 Å². The lowest BCUT2D eigenvalue weighted by molar-refractivity contribution is 0.509. The Morgan fingerprint density at radius 2 is 1.85 bits per heavy atom. The van der Waals surface area contributed by atoms with Crippen LogP contribution < -0.4 is 27.8 Å². The summed E-state index contributed by atoms with van der Waals surface area (Å²) in [6.07, 6.45) is 2.59. The number of benzene rings is 1. The van der Waals surface area contributed by atoms with Crippen molar-refractivity contribution in [3.05, 3.63) is 73.8 Å². The van der Waals surface area contributed by atoms with Crippen LogP contribution in [-0.2, 0) is 0 Å². The van der Waals surface area contributed by atoms with E-state index < -0.39 is 22.9 Å². The minimum absolute atomic E-state index is 0.0988. The SMILES string of the molecule is Cc1[nH]c(=O)n(-c2cncc(Cl)c2)c(=O)c1N(N)c1cc(F)c(F)cc1N. The number of aromatic nitrogens is 3. The average molecular weight is 395 g/mol. The molecule has 0 aliphatic heterocycles. The highest BCUT2D eigenvalue weighted by atomic mass is 35.5. The number of anilines is 3. The third-order valence-corrected chi connectivity index (χ3v) is 3.98. The monoisotopic (exact) mass is 394 g/mol. The number of rotatable bonds is 3. The molecular weight excluding hydrogens is 382 g/mol. The van der Waals surface area contributed by atoms with E-state index in [0.29, 0.717) is 0 Å². The zero-order valence-electron chi connectivity index (χ0n) is 13.8. The number of H-pyrrole nitrogens is 1. The quantitative estimate of drug-likeness (QED) is 0.353. The molecule has 1 aromatic carbocycles. The highest BCUT2D eigenvalue weighted by Gasteiger charge is 2.21. The molecule has 2 aromatic heterocycles. The normalized spacial score (nSPS) is 10.9. The van der Waals surface area contributed by atoms with Crippen LogP contribution in [-0.4, -0.2) is 14.5 Å². The van der Waals surface area contributed by atoms with Gasteiger partial charge in [0.1, 0.15) is 5.69 Å². The molecular formula is C16H13ClF2N6O2. The van der Waals surface area contributed by atoms with E-state index in [1.54, 1.807) is 0 Å². The summed E-state index contributed by atoms with van der Waals surface area (Å²) >= 11 is 5.86. The van der Waals surface area contributed by atoms with Crippen LogP contribution in [0.1, 0.15) is 5.69 Å². The molecule has 8 nitrogen and oxygen atoms in total. The molecule has 3 aromatic rings. The van der Waals surface area contributed by atoms with E-state index in [-0.39, 0.29) is 33.5 Å². The van der Waals surface area contributed by atoms with Crippen LogP contribution in [0.25, 0.3) is 5.69 Å². The Balaban J connectivity index is 2.26. The van der Waals surface area contributed by atoms with Gasteiger partial charge < -0.3 is 10.7 Å². The van der Waals surface area contributed by atoms with Crippen molar-refractivity contribution in [2.24, 2.45) is 5.84 Å². The fourth-order valence-electron chi connectivity index (χ4n) is 2.56. The molecule has 5 N–H and O–H groups in total. The molecule has 0 spiro atoms. The number of aryl methyl sites for hydroxylation is 1. The second-order valence-corrected chi connectivity index (χ2v) is 6.04. The number of hydrazine groups is 1. The molecule has 27 heavy (non-hydrogen) atoms. The number of nitrogens with zero attached hydrogens (tertiary/aromatic N) is 3. The van der Waals surface area contributed by atoms with E-state index in [9.17, 15) is 18.4 Å². The van der Waals surface area contributed by atoms with Crippen molar-refractivity contribution < 1.29 is 8.78 Å². The van der Waals surface area contributed by atoms with Gasteiger partial charge >= 0.3 is 5.69 Å². The largest absolute Gasteiger partial charge is 0.397 e. The van der Waals surface area contributed by atoms with Crippen molar-refractivity contribution in [2.45, 2.75) is 6.92 Å². The number of nitrogens with two attached hydrogens (primary N) is 2. The number of nitrogen functional groups attached to an aromatic ring is 1. The minimum Gasteiger partial charge on any atom is -0.397 e. The van der Waals surface area contributed by atoms with Crippen LogP contribution in [0.5, 0.6) is 0 Å². The smallest absolute Gasteiger partial charge is 0.333 e. The second-order valence-electron chi connectivity index (χ2n) is 5.60. The van der Waals surface area contributed by atoms with Gasteiger partial charge in [-0.25, -0.2) is 24.0 Å². The van der Waals surface area contributed by atoms with Gasteiger partial charge in [0.15, 0.2) is 11.6 Å². The maximum absolute atomic E-state index is 13.6. The zero-order valence-corrected chi connectivity index (χ0v) is 14.6. The number of hydrogen-bond donors (Lipinski definition) is 3. The van der Waals surface area contributed by atoms with Crippen LogP contribution >= 0.6 is 11.6 Å². The van der Waals surface area contributed by atoms with E-state index in [0.717, 1.165) is 21.7 Å². The molecule has 0 bridgehead atoms. The van der Waals surface area contributed by atoms with Crippen LogP contribution in [0.3, 0.4) is 0 Å². The van der Waals surface area contributed by atoms with Crippen LogP contribution in [0.15, 0.2) is 40.2 Å². The standard InChI is InChI=1S/C16H13ClF2N6O2/c1-7-14(25(21)13-4-11(19)10(18)3-12(13)20)15(26)24(16(27)23-7)9-2-8(17)5-22-6-9/h2-6H,20-21H2,1H3,(H,23,27). The van der Waals surface area contributed by atoms with Crippen molar-refractivity contribution in [3.63, 3.8) is 0 Å². The lowest BCUT2D eigenvalue weighted by atomic mass is 10.2. The summed E-state index contributed by atoms with van der Waals surface area (Å²) in [5, 5.41) is 0.982. The van der Waals surface area contributed by atoms with E-state index in [4.69, 9.17) is 23.2 Å². The topological polar surface area (TPSA) is 123 Å². The van der Waals surface area contributed by atoms with Crippen molar-refractivity contribution in [1.82, 2.24) is 14.5 Å². The third-order valence-electron chi connectivity index (χ3n) is 3.78. The van der Waals surface area contributed by atoms with Gasteiger partial charge in [0, 0.05) is 24.0 Å². The lowest BCUT2D eigenvalue weighted by Crippen LogP contribution is -2.41. The molecule has 0 atom stereocenters. The number of hydrogen-bond acceptors (Lipinski definition) is 6. The number of halogens is 3. The fraction of sp³-hybridized carbons (Fsp3) is 0.0625. The summed E-state index contributed by atoms with van der Waals surface area (Å²) in [4.78, 5) is 31.5. The second kappa shape index (κ2) is 6.82. The van der Waals surface area contributed by atoms with Crippen molar-refractivity contribution in [2.75, 3.05) is 10.7 Å². The average Bonchev–Trinajstić information content (AvgIpc) is 2.57. The van der Waals surface area contributed by atoms with Gasteiger partial charge in [0.25, 0.3) is 5.56 Å². The Labute approximate surface area is 155 Å². The predicted octanol–water partition coefficient (Wildman–Crippen LogP) is 1.75. The number of aromatic amines is 1. The molecule has 0 amide bonds. The zero-order chi connectivity index (χ0) is 19.9.